The minimum atomic E-state index is -0.579. The number of anilines is 2. The molecule has 0 unspecified atom stereocenters. The molecule has 0 aromatic heterocycles. The Bertz CT molecular complexity index is 1010. The average molecular weight is 359 g/mol. The second-order valence-electron chi connectivity index (χ2n) is 6.90. The first-order valence-electron chi connectivity index (χ1n) is 8.81. The van der Waals surface area contributed by atoms with E-state index in [0.29, 0.717) is 11.3 Å². The van der Waals surface area contributed by atoms with Crippen LogP contribution in [0.2, 0.25) is 0 Å². The molecule has 0 spiro atoms. The fraction of sp³-hybridized carbons (Fsp3) is 0.227. The molecule has 1 aliphatic heterocycles. The molecule has 1 heterocycles. The molecule has 0 saturated carbocycles. The van der Waals surface area contributed by atoms with Crippen molar-refractivity contribution in [3.8, 4) is 6.07 Å². The number of nitrogens with zero attached hydrogens (tertiary/aromatic N) is 2. The Hall–Kier alpha value is -3.39. The molecule has 27 heavy (non-hydrogen) atoms. The highest BCUT2D eigenvalue weighted by atomic mass is 16.2. The van der Waals surface area contributed by atoms with Gasteiger partial charge in [-0.3, -0.25) is 9.59 Å². The molecule has 2 aromatic carbocycles. The van der Waals surface area contributed by atoms with Crippen LogP contribution in [0.3, 0.4) is 0 Å². The monoisotopic (exact) mass is 359 g/mol. The van der Waals surface area contributed by atoms with Gasteiger partial charge in [-0.15, -0.1) is 0 Å². The van der Waals surface area contributed by atoms with E-state index in [2.05, 4.69) is 5.32 Å². The topological polar surface area (TPSA) is 73.2 Å². The maximum Gasteiger partial charge on any atom is 0.267 e. The zero-order chi connectivity index (χ0) is 19.7. The summed E-state index contributed by atoms with van der Waals surface area (Å²) in [4.78, 5) is 27.4. The third-order valence-corrected chi connectivity index (χ3v) is 4.74. The van der Waals surface area contributed by atoms with E-state index in [1.54, 1.807) is 23.1 Å². The van der Waals surface area contributed by atoms with Gasteiger partial charge in [0.15, 0.2) is 0 Å². The van der Waals surface area contributed by atoms with E-state index >= 15 is 0 Å². The Labute approximate surface area is 158 Å². The molecule has 1 N–H and O–H groups in total. The average Bonchev–Trinajstić information content (AvgIpc) is 2.91. The number of carbonyl (C=O) groups excluding carboxylic acids is 2. The van der Waals surface area contributed by atoms with Gasteiger partial charge >= 0.3 is 0 Å². The molecule has 0 atom stereocenters. The zero-order valence-corrected chi connectivity index (χ0v) is 15.8. The van der Waals surface area contributed by atoms with Crippen molar-refractivity contribution in [1.29, 1.82) is 5.26 Å². The number of para-hydroxylation sites is 1. The third-order valence-electron chi connectivity index (χ3n) is 4.74. The molecule has 0 bridgehead atoms. The van der Waals surface area contributed by atoms with Crippen LogP contribution < -0.4 is 10.2 Å². The maximum absolute atomic E-state index is 13.0. The fourth-order valence-corrected chi connectivity index (χ4v) is 3.23. The van der Waals surface area contributed by atoms with Crippen LogP contribution >= 0.6 is 0 Å². The second kappa shape index (κ2) is 7.08. The zero-order valence-electron chi connectivity index (χ0n) is 15.8. The number of amides is 2. The minimum Gasteiger partial charge on any atom is -0.321 e. The number of rotatable bonds is 3. The lowest BCUT2D eigenvalue weighted by Gasteiger charge is -2.21. The minimum absolute atomic E-state index is 0.0843. The largest absolute Gasteiger partial charge is 0.321 e. The number of carbonyl (C=O) groups is 2. The van der Waals surface area contributed by atoms with Crippen LogP contribution in [0, 0.1) is 25.2 Å². The van der Waals surface area contributed by atoms with E-state index in [1.165, 1.54) is 0 Å². The van der Waals surface area contributed by atoms with Gasteiger partial charge in [0.25, 0.3) is 11.8 Å². The van der Waals surface area contributed by atoms with E-state index in [1.807, 2.05) is 58.0 Å². The van der Waals surface area contributed by atoms with Crippen LogP contribution in [-0.2, 0) is 9.59 Å². The van der Waals surface area contributed by atoms with E-state index < -0.39 is 5.91 Å². The summed E-state index contributed by atoms with van der Waals surface area (Å²) in [5, 5.41) is 12.4. The number of fused-ring (bicyclic) bond motifs is 1. The first kappa shape index (κ1) is 18.4. The van der Waals surface area contributed by atoms with Crippen LogP contribution in [-0.4, -0.2) is 17.9 Å². The summed E-state index contributed by atoms with van der Waals surface area (Å²) in [7, 11) is 0. The van der Waals surface area contributed by atoms with Crippen LogP contribution in [0.1, 0.15) is 30.5 Å². The lowest BCUT2D eigenvalue weighted by molar-refractivity contribution is -0.115. The Morgan fingerprint density at radius 1 is 1.11 bits per heavy atom. The third kappa shape index (κ3) is 3.22. The molecular formula is C22H21N3O2. The van der Waals surface area contributed by atoms with Crippen LogP contribution in [0.4, 0.5) is 11.4 Å². The Morgan fingerprint density at radius 2 is 1.81 bits per heavy atom. The first-order valence-corrected chi connectivity index (χ1v) is 8.81. The number of nitriles is 1. The number of nitrogens with one attached hydrogen (secondary N) is 1. The number of benzene rings is 2. The highest BCUT2D eigenvalue weighted by Crippen LogP contribution is 2.39. The van der Waals surface area contributed by atoms with Crippen molar-refractivity contribution >= 4 is 28.8 Å². The molecule has 3 rings (SSSR count). The molecule has 5 heteroatoms. The van der Waals surface area contributed by atoms with Crippen LogP contribution in [0.5, 0.6) is 0 Å². The molecule has 5 nitrogen and oxygen atoms in total. The quantitative estimate of drug-likeness (QED) is 0.665. The van der Waals surface area contributed by atoms with Gasteiger partial charge in [0.2, 0.25) is 0 Å². The predicted molar refractivity (Wildman–Crippen MR) is 106 cm³/mol. The molecular weight excluding hydrogens is 338 g/mol. The smallest absolute Gasteiger partial charge is 0.267 e. The lowest BCUT2D eigenvalue weighted by Crippen LogP contribution is -2.33. The first-order chi connectivity index (χ1) is 12.8. The van der Waals surface area contributed by atoms with Crippen molar-refractivity contribution < 1.29 is 9.59 Å². The SMILES string of the molecule is Cc1ccc(NC(=O)C(C#N)=C2C(=O)N(C(C)C)c3ccccc32)cc1C. The van der Waals surface area contributed by atoms with Gasteiger partial charge in [-0.1, -0.05) is 24.3 Å². The van der Waals surface area contributed by atoms with Gasteiger partial charge < -0.3 is 10.2 Å². The van der Waals surface area contributed by atoms with E-state index in [-0.39, 0.29) is 23.1 Å². The van der Waals surface area contributed by atoms with Gasteiger partial charge in [0.05, 0.1) is 11.3 Å². The van der Waals surface area contributed by atoms with Crippen LogP contribution in [0.25, 0.3) is 5.57 Å². The number of hydrogen-bond acceptors (Lipinski definition) is 3. The van der Waals surface area contributed by atoms with E-state index in [9.17, 15) is 14.9 Å². The van der Waals surface area contributed by atoms with Crippen molar-refractivity contribution in [3.05, 3.63) is 64.7 Å². The van der Waals surface area contributed by atoms with Gasteiger partial charge in [-0.25, -0.2) is 0 Å². The molecule has 1 aliphatic rings. The highest BCUT2D eigenvalue weighted by molar-refractivity contribution is 6.38. The molecule has 0 saturated heterocycles. The number of hydrogen-bond donors (Lipinski definition) is 1. The van der Waals surface area contributed by atoms with Crippen molar-refractivity contribution in [1.82, 2.24) is 0 Å². The van der Waals surface area contributed by atoms with Gasteiger partial charge in [0.1, 0.15) is 11.6 Å². The summed E-state index contributed by atoms with van der Waals surface area (Å²) in [6, 6.07) is 14.6. The summed E-state index contributed by atoms with van der Waals surface area (Å²) in [6.07, 6.45) is 0. The van der Waals surface area contributed by atoms with Gasteiger partial charge in [-0.2, -0.15) is 5.26 Å². The summed E-state index contributed by atoms with van der Waals surface area (Å²) < 4.78 is 0. The summed E-state index contributed by atoms with van der Waals surface area (Å²) in [6.45, 7) is 7.74. The normalized spacial score (nSPS) is 14.8. The summed E-state index contributed by atoms with van der Waals surface area (Å²) >= 11 is 0. The number of aryl methyl sites for hydroxylation is 2. The molecule has 0 aliphatic carbocycles. The van der Waals surface area contributed by atoms with Crippen LogP contribution in [0.15, 0.2) is 48.0 Å². The Kier molecular flexibility index (Phi) is 4.83. The Morgan fingerprint density at radius 3 is 2.44 bits per heavy atom. The molecule has 2 aromatic rings. The van der Waals surface area contributed by atoms with Gasteiger partial charge in [0, 0.05) is 17.3 Å². The fourth-order valence-electron chi connectivity index (χ4n) is 3.23. The van der Waals surface area contributed by atoms with Crippen molar-refractivity contribution in [3.63, 3.8) is 0 Å². The van der Waals surface area contributed by atoms with Crippen molar-refractivity contribution in [2.45, 2.75) is 33.7 Å². The summed E-state index contributed by atoms with van der Waals surface area (Å²) in [5.41, 5.74) is 4.06. The molecule has 0 radical (unpaired) electrons. The second-order valence-corrected chi connectivity index (χ2v) is 6.90. The molecule has 2 amide bonds. The van der Waals surface area contributed by atoms with E-state index in [0.717, 1.165) is 16.8 Å². The Balaban J connectivity index is 2.06. The van der Waals surface area contributed by atoms with E-state index in [4.69, 9.17) is 0 Å². The standard InChI is InChI=1S/C22H21N3O2/c1-13(2)25-19-8-6-5-7-17(19)20(22(25)27)18(12-23)21(26)24-16-10-9-14(3)15(4)11-16/h5-11,13H,1-4H3,(H,24,26). The lowest BCUT2D eigenvalue weighted by atomic mass is 10.0. The summed E-state index contributed by atoms with van der Waals surface area (Å²) in [5.74, 6) is -0.900. The maximum atomic E-state index is 13.0. The predicted octanol–water partition coefficient (Wildman–Crippen LogP) is 3.97. The van der Waals surface area contributed by atoms with Crippen molar-refractivity contribution in [2.24, 2.45) is 0 Å². The highest BCUT2D eigenvalue weighted by Gasteiger charge is 2.37. The molecule has 0 fully saturated rings. The molecule has 136 valence electrons. The van der Waals surface area contributed by atoms with Gasteiger partial charge in [-0.05, 0) is 57.0 Å². The van der Waals surface area contributed by atoms with Crippen molar-refractivity contribution in [2.75, 3.05) is 10.2 Å².